The molecular formula is C27H44O6. The van der Waals surface area contributed by atoms with E-state index in [2.05, 4.69) is 20.8 Å². The molecule has 0 N–H and O–H groups in total. The van der Waals surface area contributed by atoms with Crippen molar-refractivity contribution in [1.29, 1.82) is 0 Å². The molecule has 1 aliphatic heterocycles. The third-order valence-electron chi connectivity index (χ3n) is 10.5. The molecule has 188 valence electrons. The number of ether oxygens (including phenoxy) is 4. The molecule has 3 saturated carbocycles. The van der Waals surface area contributed by atoms with Crippen LogP contribution in [0.5, 0.6) is 0 Å². The van der Waals surface area contributed by atoms with E-state index in [1.807, 2.05) is 14.2 Å². The molecule has 0 spiro atoms. The summed E-state index contributed by atoms with van der Waals surface area (Å²) in [6.07, 6.45) is 8.47. The fraction of sp³-hybridized carbons (Fsp3) is 0.926. The molecule has 1 saturated heterocycles. The van der Waals surface area contributed by atoms with E-state index in [0.717, 1.165) is 44.9 Å². The maximum absolute atomic E-state index is 13.3. The highest BCUT2D eigenvalue weighted by Crippen LogP contribution is 2.64. The van der Waals surface area contributed by atoms with Gasteiger partial charge < -0.3 is 18.9 Å². The van der Waals surface area contributed by atoms with Crippen molar-refractivity contribution in [2.45, 2.75) is 96.4 Å². The lowest BCUT2D eigenvalue weighted by Gasteiger charge is -2.58. The summed E-state index contributed by atoms with van der Waals surface area (Å²) < 4.78 is 23.2. The Hall–Kier alpha value is -1.14. The molecule has 1 heterocycles. The fourth-order valence-corrected chi connectivity index (χ4v) is 8.64. The number of fused-ring (bicyclic) bond motifs is 5. The van der Waals surface area contributed by atoms with Gasteiger partial charge in [0.05, 0.1) is 19.3 Å². The third kappa shape index (κ3) is 4.24. The first-order chi connectivity index (χ1) is 15.7. The van der Waals surface area contributed by atoms with Crippen molar-refractivity contribution < 1.29 is 28.5 Å². The molecule has 3 aliphatic carbocycles. The highest BCUT2D eigenvalue weighted by atomic mass is 16.6. The summed E-state index contributed by atoms with van der Waals surface area (Å²) in [4.78, 5) is 25.1. The van der Waals surface area contributed by atoms with Crippen molar-refractivity contribution in [3.05, 3.63) is 0 Å². The summed E-state index contributed by atoms with van der Waals surface area (Å²) in [7, 11) is 5.10. The van der Waals surface area contributed by atoms with Crippen LogP contribution in [0.1, 0.15) is 78.6 Å². The molecule has 0 radical (unpaired) electrons. The highest BCUT2D eigenvalue weighted by Gasteiger charge is 2.64. The first-order valence-corrected chi connectivity index (χ1v) is 13.0. The maximum atomic E-state index is 13.3. The van der Waals surface area contributed by atoms with E-state index in [0.29, 0.717) is 36.7 Å². The van der Waals surface area contributed by atoms with Gasteiger partial charge in [-0.2, -0.15) is 0 Å². The van der Waals surface area contributed by atoms with Crippen LogP contribution in [-0.2, 0) is 28.5 Å². The van der Waals surface area contributed by atoms with Gasteiger partial charge in [-0.1, -0.05) is 13.8 Å². The molecule has 4 aliphatic rings. The van der Waals surface area contributed by atoms with Crippen molar-refractivity contribution in [3.63, 3.8) is 0 Å². The Labute approximate surface area is 199 Å². The first kappa shape index (κ1) is 25.0. The number of esters is 2. The topological polar surface area (TPSA) is 71.1 Å². The number of rotatable bonds is 6. The van der Waals surface area contributed by atoms with E-state index >= 15 is 0 Å². The molecule has 0 aromatic heterocycles. The quantitative estimate of drug-likeness (QED) is 0.527. The normalized spacial score (nSPS) is 45.8. The first-order valence-electron chi connectivity index (χ1n) is 13.0. The van der Waals surface area contributed by atoms with Gasteiger partial charge in [0.15, 0.2) is 0 Å². The molecule has 0 amide bonds. The van der Waals surface area contributed by atoms with Crippen molar-refractivity contribution in [2.75, 3.05) is 21.3 Å². The van der Waals surface area contributed by atoms with E-state index in [9.17, 15) is 9.59 Å². The molecule has 0 aromatic rings. The molecule has 10 atom stereocenters. The molecular weight excluding hydrogens is 420 g/mol. The molecule has 6 nitrogen and oxygen atoms in total. The lowest BCUT2D eigenvalue weighted by Crippen LogP contribution is -2.56. The Morgan fingerprint density at radius 3 is 2.52 bits per heavy atom. The number of carbonyl (C=O) groups is 2. The van der Waals surface area contributed by atoms with Crippen LogP contribution < -0.4 is 0 Å². The minimum absolute atomic E-state index is 0.0485. The monoisotopic (exact) mass is 464 g/mol. The maximum Gasteiger partial charge on any atom is 0.306 e. The van der Waals surface area contributed by atoms with E-state index in [1.54, 1.807) is 0 Å². The molecule has 33 heavy (non-hydrogen) atoms. The van der Waals surface area contributed by atoms with Crippen LogP contribution in [0.3, 0.4) is 0 Å². The second-order valence-corrected chi connectivity index (χ2v) is 11.8. The number of hydrogen-bond acceptors (Lipinski definition) is 6. The van der Waals surface area contributed by atoms with E-state index < -0.39 is 5.60 Å². The molecule has 4 fully saturated rings. The van der Waals surface area contributed by atoms with Crippen LogP contribution in [0.25, 0.3) is 0 Å². The largest absolute Gasteiger partial charge is 0.469 e. The summed E-state index contributed by atoms with van der Waals surface area (Å²) in [5.41, 5.74) is -0.386. The SMILES string of the molecule is COC(=O)CC[C@@H](C)[C@H]1CC[C@H]2[C@@H]3[C@H](OC)C[C@@H]4C[C@H](OC)CC[C@]4(C)[C@H]3CC(=O)O[C@]12C. The zero-order valence-electron chi connectivity index (χ0n) is 21.4. The van der Waals surface area contributed by atoms with Crippen LogP contribution in [-0.4, -0.2) is 51.1 Å². The van der Waals surface area contributed by atoms with E-state index in [-0.39, 0.29) is 41.2 Å². The number of carbonyl (C=O) groups excluding carboxylic acids is 2. The van der Waals surface area contributed by atoms with Gasteiger partial charge in [-0.25, -0.2) is 0 Å². The summed E-state index contributed by atoms with van der Waals surface area (Å²) in [6.45, 7) is 6.80. The molecule has 0 bridgehead atoms. The lowest BCUT2D eigenvalue weighted by atomic mass is 9.48. The highest BCUT2D eigenvalue weighted by molar-refractivity contribution is 5.71. The Bertz CT molecular complexity index is 738. The Balaban J connectivity index is 1.63. The van der Waals surface area contributed by atoms with Crippen LogP contribution in [0.2, 0.25) is 0 Å². The van der Waals surface area contributed by atoms with Gasteiger partial charge in [0.2, 0.25) is 0 Å². The Morgan fingerprint density at radius 2 is 1.85 bits per heavy atom. The molecule has 0 aromatic carbocycles. The predicted octanol–water partition coefficient (Wildman–Crippen LogP) is 4.78. The third-order valence-corrected chi connectivity index (χ3v) is 10.5. The average Bonchev–Trinajstić information content (AvgIpc) is 3.06. The van der Waals surface area contributed by atoms with Crippen LogP contribution in [0.15, 0.2) is 0 Å². The van der Waals surface area contributed by atoms with Gasteiger partial charge in [-0.3, -0.25) is 9.59 Å². The second-order valence-electron chi connectivity index (χ2n) is 11.8. The summed E-state index contributed by atoms with van der Waals surface area (Å²) in [5.74, 6) is 1.73. The zero-order chi connectivity index (χ0) is 24.0. The summed E-state index contributed by atoms with van der Waals surface area (Å²) in [6, 6.07) is 0. The minimum Gasteiger partial charge on any atom is -0.469 e. The fourth-order valence-electron chi connectivity index (χ4n) is 8.64. The second kappa shape index (κ2) is 9.49. The Kier molecular flexibility index (Phi) is 7.18. The summed E-state index contributed by atoms with van der Waals surface area (Å²) >= 11 is 0. The van der Waals surface area contributed by atoms with Gasteiger partial charge in [0.1, 0.15) is 5.60 Å². The van der Waals surface area contributed by atoms with Gasteiger partial charge in [-0.05, 0) is 81.0 Å². The zero-order valence-corrected chi connectivity index (χ0v) is 21.4. The standard InChI is InChI=1S/C27H44O6/c1-16(7-10-23(28)32-6)19-8-9-20-25-21(15-24(29)33-27(19,20)3)26(2)12-11-18(30-4)13-17(26)14-22(25)31-5/h16-22,25H,7-15H2,1-6H3/t16-,17+,18-,19-,20+,21+,22-,25+,26+,27-/m1/s1. The van der Waals surface area contributed by atoms with Crippen molar-refractivity contribution in [2.24, 2.45) is 40.9 Å². The minimum atomic E-state index is -0.504. The van der Waals surface area contributed by atoms with Crippen LogP contribution in [0, 0.1) is 40.9 Å². The molecule has 6 heteroatoms. The summed E-state index contributed by atoms with van der Waals surface area (Å²) in [5, 5.41) is 0. The van der Waals surface area contributed by atoms with Gasteiger partial charge in [-0.15, -0.1) is 0 Å². The number of methoxy groups -OCH3 is 3. The Morgan fingerprint density at radius 1 is 1.09 bits per heavy atom. The number of hydrogen-bond donors (Lipinski definition) is 0. The van der Waals surface area contributed by atoms with E-state index in [4.69, 9.17) is 18.9 Å². The van der Waals surface area contributed by atoms with Crippen LogP contribution in [0.4, 0.5) is 0 Å². The van der Waals surface area contributed by atoms with Crippen molar-refractivity contribution in [3.8, 4) is 0 Å². The van der Waals surface area contributed by atoms with Gasteiger partial charge in [0, 0.05) is 38.9 Å². The van der Waals surface area contributed by atoms with Gasteiger partial charge >= 0.3 is 11.9 Å². The van der Waals surface area contributed by atoms with Crippen LogP contribution >= 0.6 is 0 Å². The molecule has 4 rings (SSSR count). The van der Waals surface area contributed by atoms with Crippen molar-refractivity contribution in [1.82, 2.24) is 0 Å². The lowest BCUT2D eigenvalue weighted by molar-refractivity contribution is -0.171. The van der Waals surface area contributed by atoms with E-state index in [1.165, 1.54) is 7.11 Å². The average molecular weight is 465 g/mol. The smallest absolute Gasteiger partial charge is 0.306 e. The van der Waals surface area contributed by atoms with Gasteiger partial charge in [0.25, 0.3) is 0 Å². The predicted molar refractivity (Wildman–Crippen MR) is 124 cm³/mol. The van der Waals surface area contributed by atoms with Crippen molar-refractivity contribution >= 4 is 11.9 Å². The molecule has 0 unspecified atom stereocenters.